The van der Waals surface area contributed by atoms with Gasteiger partial charge in [-0.1, -0.05) is 23.7 Å². The molecule has 15 heavy (non-hydrogen) atoms. The van der Waals surface area contributed by atoms with E-state index in [9.17, 15) is 4.79 Å². The van der Waals surface area contributed by atoms with Crippen LogP contribution in [0.5, 0.6) is 0 Å². The molecule has 2 unspecified atom stereocenters. The lowest BCUT2D eigenvalue weighted by molar-refractivity contribution is -0.120. The summed E-state index contributed by atoms with van der Waals surface area (Å²) in [7, 11) is 0. The zero-order valence-electron chi connectivity index (χ0n) is 8.24. The van der Waals surface area contributed by atoms with Crippen LogP contribution >= 0.6 is 11.6 Å². The van der Waals surface area contributed by atoms with Crippen LogP contribution in [0.15, 0.2) is 24.3 Å². The Labute approximate surface area is 93.4 Å². The van der Waals surface area contributed by atoms with E-state index >= 15 is 0 Å². The quantitative estimate of drug-likeness (QED) is 0.806. The minimum absolute atomic E-state index is 0.177. The molecule has 0 radical (unpaired) electrons. The summed E-state index contributed by atoms with van der Waals surface area (Å²) in [5.41, 5.74) is 11.4. The normalized spacial score (nSPS) is 28.8. The number of amides is 1. The second-order valence-corrected chi connectivity index (χ2v) is 4.42. The standard InChI is InChI=1S/C11H13ClN2O/c12-9-3-1-7(2-4-9)11(10(14)15)5-8(11)6-13/h1-4,8H,5-6,13H2,(H2,14,15). The Morgan fingerprint density at radius 3 is 2.47 bits per heavy atom. The Hall–Kier alpha value is -1.06. The van der Waals surface area contributed by atoms with E-state index < -0.39 is 5.41 Å². The van der Waals surface area contributed by atoms with E-state index in [4.69, 9.17) is 23.1 Å². The van der Waals surface area contributed by atoms with Gasteiger partial charge in [-0.15, -0.1) is 0 Å². The maximum Gasteiger partial charge on any atom is 0.228 e. The highest BCUT2D eigenvalue weighted by molar-refractivity contribution is 6.30. The van der Waals surface area contributed by atoms with Crippen LogP contribution in [0.25, 0.3) is 0 Å². The topological polar surface area (TPSA) is 69.1 Å². The van der Waals surface area contributed by atoms with Gasteiger partial charge in [0.25, 0.3) is 0 Å². The van der Waals surface area contributed by atoms with E-state index in [-0.39, 0.29) is 11.8 Å². The number of carbonyl (C=O) groups is 1. The third-order valence-corrected chi connectivity index (χ3v) is 3.44. The molecule has 0 spiro atoms. The van der Waals surface area contributed by atoms with Gasteiger partial charge < -0.3 is 11.5 Å². The number of halogens is 1. The van der Waals surface area contributed by atoms with Crippen molar-refractivity contribution in [1.82, 2.24) is 0 Å². The lowest BCUT2D eigenvalue weighted by Crippen LogP contribution is -2.32. The molecule has 1 saturated carbocycles. The number of carbonyl (C=O) groups excluding carboxylic acids is 1. The predicted molar refractivity (Wildman–Crippen MR) is 59.5 cm³/mol. The molecule has 1 fully saturated rings. The summed E-state index contributed by atoms with van der Waals surface area (Å²) in [6.45, 7) is 0.492. The molecule has 0 heterocycles. The highest BCUT2D eigenvalue weighted by Crippen LogP contribution is 2.53. The van der Waals surface area contributed by atoms with Crippen LogP contribution < -0.4 is 11.5 Å². The van der Waals surface area contributed by atoms with E-state index in [1.54, 1.807) is 12.1 Å². The van der Waals surface area contributed by atoms with Crippen molar-refractivity contribution in [3.63, 3.8) is 0 Å². The van der Waals surface area contributed by atoms with E-state index in [0.29, 0.717) is 11.6 Å². The molecular weight excluding hydrogens is 212 g/mol. The molecule has 1 aromatic carbocycles. The number of hydrogen-bond donors (Lipinski definition) is 2. The van der Waals surface area contributed by atoms with Gasteiger partial charge in [0, 0.05) is 5.02 Å². The Morgan fingerprint density at radius 1 is 1.47 bits per heavy atom. The first-order chi connectivity index (χ1) is 7.11. The van der Waals surface area contributed by atoms with Crippen molar-refractivity contribution in [3.8, 4) is 0 Å². The Balaban J connectivity index is 2.36. The first-order valence-corrected chi connectivity index (χ1v) is 5.25. The highest BCUT2D eigenvalue weighted by atomic mass is 35.5. The lowest BCUT2D eigenvalue weighted by atomic mass is 9.92. The molecule has 3 nitrogen and oxygen atoms in total. The van der Waals surface area contributed by atoms with Gasteiger partial charge in [0.1, 0.15) is 0 Å². The van der Waals surface area contributed by atoms with E-state index in [0.717, 1.165) is 12.0 Å². The van der Waals surface area contributed by atoms with Crippen molar-refractivity contribution in [3.05, 3.63) is 34.9 Å². The molecule has 4 N–H and O–H groups in total. The summed E-state index contributed by atoms with van der Waals surface area (Å²) < 4.78 is 0. The van der Waals surface area contributed by atoms with Crippen molar-refractivity contribution in [2.45, 2.75) is 11.8 Å². The zero-order chi connectivity index (χ0) is 11.1. The van der Waals surface area contributed by atoms with Gasteiger partial charge in [-0.25, -0.2) is 0 Å². The third kappa shape index (κ3) is 1.52. The molecule has 0 bridgehead atoms. The number of benzene rings is 1. The lowest BCUT2D eigenvalue weighted by Gasteiger charge is -2.13. The monoisotopic (exact) mass is 224 g/mol. The van der Waals surface area contributed by atoms with Crippen LogP contribution in [0.1, 0.15) is 12.0 Å². The van der Waals surface area contributed by atoms with Gasteiger partial charge in [0.05, 0.1) is 5.41 Å². The fraction of sp³-hybridized carbons (Fsp3) is 0.364. The van der Waals surface area contributed by atoms with Crippen molar-refractivity contribution in [2.75, 3.05) is 6.54 Å². The van der Waals surface area contributed by atoms with E-state index in [2.05, 4.69) is 0 Å². The molecule has 4 heteroatoms. The van der Waals surface area contributed by atoms with Crippen molar-refractivity contribution in [1.29, 1.82) is 0 Å². The highest BCUT2D eigenvalue weighted by Gasteiger charge is 2.59. The van der Waals surface area contributed by atoms with Gasteiger partial charge in [-0.05, 0) is 36.6 Å². The molecule has 2 atom stereocenters. The SMILES string of the molecule is NCC1CC1(C(N)=O)c1ccc(Cl)cc1. The van der Waals surface area contributed by atoms with Gasteiger partial charge in [-0.3, -0.25) is 4.79 Å². The second kappa shape index (κ2) is 3.51. The van der Waals surface area contributed by atoms with Gasteiger partial charge in [-0.2, -0.15) is 0 Å². The minimum atomic E-state index is -0.542. The van der Waals surface area contributed by atoms with E-state index in [1.807, 2.05) is 12.1 Å². The molecule has 80 valence electrons. The second-order valence-electron chi connectivity index (χ2n) is 3.98. The van der Waals surface area contributed by atoms with Gasteiger partial charge in [0.2, 0.25) is 5.91 Å². The minimum Gasteiger partial charge on any atom is -0.369 e. The number of rotatable bonds is 3. The van der Waals surface area contributed by atoms with Crippen LogP contribution in [0.4, 0.5) is 0 Å². The van der Waals surface area contributed by atoms with Crippen molar-refractivity contribution < 1.29 is 4.79 Å². The van der Waals surface area contributed by atoms with Crippen LogP contribution in [-0.2, 0) is 10.2 Å². The molecule has 0 saturated heterocycles. The largest absolute Gasteiger partial charge is 0.369 e. The number of primary amides is 1. The fourth-order valence-corrected chi connectivity index (χ4v) is 2.29. The van der Waals surface area contributed by atoms with E-state index in [1.165, 1.54) is 0 Å². The van der Waals surface area contributed by atoms with Gasteiger partial charge >= 0.3 is 0 Å². The smallest absolute Gasteiger partial charge is 0.228 e. The number of hydrogen-bond acceptors (Lipinski definition) is 2. The average Bonchev–Trinajstić information content (AvgIpc) is 2.94. The van der Waals surface area contributed by atoms with Crippen LogP contribution in [-0.4, -0.2) is 12.5 Å². The molecule has 1 aliphatic rings. The summed E-state index contributed by atoms with van der Waals surface area (Å²) >= 11 is 5.79. The fourth-order valence-electron chi connectivity index (χ4n) is 2.16. The Morgan fingerprint density at radius 2 is 2.07 bits per heavy atom. The molecule has 1 amide bonds. The van der Waals surface area contributed by atoms with Crippen LogP contribution in [0.2, 0.25) is 5.02 Å². The Kier molecular flexibility index (Phi) is 2.44. The summed E-state index contributed by atoms with van der Waals surface area (Å²) in [5.74, 6) is -0.114. The summed E-state index contributed by atoms with van der Waals surface area (Å²) in [5, 5.41) is 0.656. The molecule has 1 aliphatic carbocycles. The van der Waals surface area contributed by atoms with Gasteiger partial charge in [0.15, 0.2) is 0 Å². The first-order valence-electron chi connectivity index (χ1n) is 4.87. The third-order valence-electron chi connectivity index (χ3n) is 3.19. The predicted octanol–water partition coefficient (Wildman–Crippen LogP) is 1.04. The first kappa shape index (κ1) is 10.5. The Bertz CT molecular complexity index is 390. The molecule has 1 aromatic rings. The van der Waals surface area contributed by atoms with Crippen LogP contribution in [0.3, 0.4) is 0 Å². The summed E-state index contributed by atoms with van der Waals surface area (Å²) in [6, 6.07) is 7.24. The maximum atomic E-state index is 11.5. The molecule has 0 aliphatic heterocycles. The van der Waals surface area contributed by atoms with Crippen molar-refractivity contribution >= 4 is 17.5 Å². The molecule has 0 aromatic heterocycles. The molecular formula is C11H13ClN2O. The maximum absolute atomic E-state index is 11.5. The number of nitrogens with two attached hydrogens (primary N) is 2. The molecule has 2 rings (SSSR count). The van der Waals surface area contributed by atoms with Crippen molar-refractivity contribution in [2.24, 2.45) is 17.4 Å². The summed E-state index contributed by atoms with van der Waals surface area (Å²) in [6.07, 6.45) is 0.750. The van der Waals surface area contributed by atoms with Crippen LogP contribution in [0, 0.1) is 5.92 Å². The zero-order valence-corrected chi connectivity index (χ0v) is 9.00. The summed E-state index contributed by atoms with van der Waals surface area (Å²) in [4.78, 5) is 11.5. The average molecular weight is 225 g/mol.